The lowest BCUT2D eigenvalue weighted by atomic mass is 10.0. The van der Waals surface area contributed by atoms with Crippen molar-refractivity contribution in [3.8, 4) is 5.75 Å². The number of methoxy groups -OCH3 is 1. The Morgan fingerprint density at radius 3 is 2.79 bits per heavy atom. The van der Waals surface area contributed by atoms with Crippen LogP contribution in [-0.4, -0.2) is 50.8 Å². The second-order valence-corrected chi connectivity index (χ2v) is 6.95. The molecule has 0 spiro atoms. The molecule has 1 aliphatic heterocycles. The van der Waals surface area contributed by atoms with Crippen LogP contribution in [0, 0.1) is 0 Å². The van der Waals surface area contributed by atoms with Crippen LogP contribution in [0.1, 0.15) is 17.2 Å². The molecule has 1 unspecified atom stereocenters. The quantitative estimate of drug-likeness (QED) is 0.722. The van der Waals surface area contributed by atoms with Crippen molar-refractivity contribution < 1.29 is 14.3 Å². The van der Waals surface area contributed by atoms with Crippen molar-refractivity contribution in [1.29, 1.82) is 0 Å². The average Bonchev–Trinajstić information content (AvgIpc) is 2.74. The van der Waals surface area contributed by atoms with Gasteiger partial charge in [0.05, 0.1) is 26.4 Å². The standard InChI is InChI=1S/C22H25ClN2O3/c1-27-18-6-4-5-17(15-18)9-10-22(26)24-16-21(25-11-13-28-14-12-25)19-7-2-3-8-20(19)23/h2-10,15,21H,11-14,16H2,1H3,(H,24,26)/b10-9+. The number of hydrogen-bond donors (Lipinski definition) is 1. The van der Waals surface area contributed by atoms with Gasteiger partial charge in [-0.25, -0.2) is 0 Å². The summed E-state index contributed by atoms with van der Waals surface area (Å²) in [4.78, 5) is 14.7. The number of rotatable bonds is 7. The van der Waals surface area contributed by atoms with Gasteiger partial charge in [0.2, 0.25) is 5.91 Å². The summed E-state index contributed by atoms with van der Waals surface area (Å²) in [7, 11) is 1.62. The fraction of sp³-hybridized carbons (Fsp3) is 0.318. The molecular weight excluding hydrogens is 376 g/mol. The van der Waals surface area contributed by atoms with Crippen LogP contribution in [0.25, 0.3) is 6.08 Å². The van der Waals surface area contributed by atoms with Gasteiger partial charge in [0.1, 0.15) is 5.75 Å². The highest BCUT2D eigenvalue weighted by Gasteiger charge is 2.24. The minimum atomic E-state index is -0.145. The Morgan fingerprint density at radius 1 is 1.25 bits per heavy atom. The lowest BCUT2D eigenvalue weighted by molar-refractivity contribution is -0.116. The third-order valence-electron chi connectivity index (χ3n) is 4.74. The highest BCUT2D eigenvalue weighted by atomic mass is 35.5. The first-order valence-electron chi connectivity index (χ1n) is 9.33. The monoisotopic (exact) mass is 400 g/mol. The number of hydrogen-bond acceptors (Lipinski definition) is 4. The second kappa shape index (κ2) is 10.3. The van der Waals surface area contributed by atoms with E-state index in [1.54, 1.807) is 13.2 Å². The van der Waals surface area contributed by atoms with E-state index in [1.165, 1.54) is 6.08 Å². The van der Waals surface area contributed by atoms with Gasteiger partial charge in [-0.1, -0.05) is 41.9 Å². The van der Waals surface area contributed by atoms with E-state index in [4.69, 9.17) is 21.1 Å². The van der Waals surface area contributed by atoms with E-state index in [0.29, 0.717) is 24.8 Å². The predicted octanol–water partition coefficient (Wildman–Crippen LogP) is 3.55. The molecule has 148 valence electrons. The Morgan fingerprint density at radius 2 is 2.04 bits per heavy atom. The van der Waals surface area contributed by atoms with Gasteiger partial charge in [0, 0.05) is 30.7 Å². The molecular formula is C22H25ClN2O3. The van der Waals surface area contributed by atoms with Crippen LogP contribution in [-0.2, 0) is 9.53 Å². The highest BCUT2D eigenvalue weighted by molar-refractivity contribution is 6.31. The number of nitrogens with one attached hydrogen (secondary N) is 1. The molecule has 2 aromatic carbocycles. The van der Waals surface area contributed by atoms with E-state index in [0.717, 1.165) is 30.0 Å². The summed E-state index contributed by atoms with van der Waals surface area (Å²) < 4.78 is 10.7. The van der Waals surface area contributed by atoms with Gasteiger partial charge in [0.25, 0.3) is 0 Å². The maximum absolute atomic E-state index is 12.4. The fourth-order valence-electron chi connectivity index (χ4n) is 3.24. The minimum absolute atomic E-state index is 0.00627. The van der Waals surface area contributed by atoms with Crippen LogP contribution in [0.3, 0.4) is 0 Å². The molecule has 1 amide bonds. The third kappa shape index (κ3) is 5.58. The molecule has 1 atom stereocenters. The number of nitrogens with zero attached hydrogens (tertiary/aromatic N) is 1. The molecule has 0 saturated carbocycles. The first kappa shape index (κ1) is 20.4. The molecule has 0 aromatic heterocycles. The van der Waals surface area contributed by atoms with Gasteiger partial charge in [-0.2, -0.15) is 0 Å². The summed E-state index contributed by atoms with van der Waals surface area (Å²) in [5, 5.41) is 3.71. The molecule has 2 aromatic rings. The number of ether oxygens (including phenoxy) is 2. The van der Waals surface area contributed by atoms with Crippen molar-refractivity contribution in [2.75, 3.05) is 40.0 Å². The first-order valence-corrected chi connectivity index (χ1v) is 9.71. The maximum Gasteiger partial charge on any atom is 0.244 e. The van der Waals surface area contributed by atoms with Crippen LogP contribution in [0.2, 0.25) is 5.02 Å². The summed E-state index contributed by atoms with van der Waals surface area (Å²) in [6.45, 7) is 3.47. The number of morpholine rings is 1. The van der Waals surface area contributed by atoms with Crippen molar-refractivity contribution in [3.05, 3.63) is 70.8 Å². The fourth-order valence-corrected chi connectivity index (χ4v) is 3.51. The van der Waals surface area contributed by atoms with Gasteiger partial charge >= 0.3 is 0 Å². The molecule has 5 nitrogen and oxygen atoms in total. The maximum atomic E-state index is 12.4. The van der Waals surface area contributed by atoms with Crippen molar-refractivity contribution in [1.82, 2.24) is 10.2 Å². The minimum Gasteiger partial charge on any atom is -0.497 e. The highest BCUT2D eigenvalue weighted by Crippen LogP contribution is 2.27. The normalized spacial score (nSPS) is 16.1. The van der Waals surface area contributed by atoms with E-state index < -0.39 is 0 Å². The van der Waals surface area contributed by atoms with Crippen molar-refractivity contribution in [2.24, 2.45) is 0 Å². The lowest BCUT2D eigenvalue weighted by Gasteiger charge is -2.35. The van der Waals surface area contributed by atoms with E-state index in [1.807, 2.05) is 48.5 Å². The molecule has 1 saturated heterocycles. The molecule has 1 fully saturated rings. The molecule has 0 radical (unpaired) electrons. The third-order valence-corrected chi connectivity index (χ3v) is 5.09. The molecule has 0 bridgehead atoms. The molecule has 1 heterocycles. The number of amides is 1. The van der Waals surface area contributed by atoms with Crippen LogP contribution in [0.4, 0.5) is 0 Å². The van der Waals surface area contributed by atoms with Crippen LogP contribution in [0.5, 0.6) is 5.75 Å². The topological polar surface area (TPSA) is 50.8 Å². The molecule has 28 heavy (non-hydrogen) atoms. The summed E-state index contributed by atoms with van der Waals surface area (Å²) >= 11 is 6.43. The largest absolute Gasteiger partial charge is 0.497 e. The summed E-state index contributed by atoms with van der Waals surface area (Å²) in [5.74, 6) is 0.613. The summed E-state index contributed by atoms with van der Waals surface area (Å²) in [5.41, 5.74) is 1.92. The predicted molar refractivity (Wildman–Crippen MR) is 112 cm³/mol. The van der Waals surface area contributed by atoms with E-state index in [9.17, 15) is 4.79 Å². The van der Waals surface area contributed by atoms with Gasteiger partial charge in [-0.3, -0.25) is 9.69 Å². The van der Waals surface area contributed by atoms with Gasteiger partial charge in [0.15, 0.2) is 0 Å². The van der Waals surface area contributed by atoms with Gasteiger partial charge < -0.3 is 14.8 Å². The Balaban J connectivity index is 1.66. The van der Waals surface area contributed by atoms with E-state index in [2.05, 4.69) is 10.2 Å². The number of carbonyl (C=O) groups is 1. The smallest absolute Gasteiger partial charge is 0.244 e. The van der Waals surface area contributed by atoms with Crippen molar-refractivity contribution >= 4 is 23.6 Å². The summed E-state index contributed by atoms with van der Waals surface area (Å²) in [6.07, 6.45) is 3.31. The van der Waals surface area contributed by atoms with Crippen LogP contribution < -0.4 is 10.1 Å². The zero-order valence-electron chi connectivity index (χ0n) is 15.9. The average molecular weight is 401 g/mol. The molecule has 1 aliphatic rings. The Hall–Kier alpha value is -2.34. The lowest BCUT2D eigenvalue weighted by Crippen LogP contribution is -2.43. The summed E-state index contributed by atoms with van der Waals surface area (Å²) in [6, 6.07) is 15.4. The zero-order chi connectivity index (χ0) is 19.8. The first-order chi connectivity index (χ1) is 13.7. The number of halogens is 1. The SMILES string of the molecule is COc1cccc(/C=C/C(=O)NCC(c2ccccc2Cl)N2CCOCC2)c1. The molecule has 3 rings (SSSR count). The number of benzene rings is 2. The van der Waals surface area contributed by atoms with Gasteiger partial charge in [-0.15, -0.1) is 0 Å². The number of carbonyl (C=O) groups excluding carboxylic acids is 1. The van der Waals surface area contributed by atoms with Gasteiger partial charge in [-0.05, 0) is 35.4 Å². The van der Waals surface area contributed by atoms with E-state index in [-0.39, 0.29) is 11.9 Å². The van der Waals surface area contributed by atoms with Crippen LogP contribution >= 0.6 is 11.6 Å². The van der Waals surface area contributed by atoms with Crippen LogP contribution in [0.15, 0.2) is 54.6 Å². The van der Waals surface area contributed by atoms with E-state index >= 15 is 0 Å². The Bertz CT molecular complexity index is 819. The second-order valence-electron chi connectivity index (χ2n) is 6.54. The molecule has 1 N–H and O–H groups in total. The van der Waals surface area contributed by atoms with Crippen molar-refractivity contribution in [2.45, 2.75) is 6.04 Å². The zero-order valence-corrected chi connectivity index (χ0v) is 16.7. The Labute approximate surface area is 170 Å². The molecule has 6 heteroatoms. The Kier molecular flexibility index (Phi) is 7.48. The molecule has 0 aliphatic carbocycles. The van der Waals surface area contributed by atoms with Crippen molar-refractivity contribution in [3.63, 3.8) is 0 Å².